The number of piperidine rings is 1. The van der Waals surface area contributed by atoms with Crippen LogP contribution in [0.3, 0.4) is 0 Å². The summed E-state index contributed by atoms with van der Waals surface area (Å²) in [5, 5.41) is 6.19. The maximum atomic E-state index is 13.1. The largest absolute Gasteiger partial charge is 0.416 e. The average molecular weight is 513 g/mol. The van der Waals surface area contributed by atoms with Crippen LogP contribution in [-0.2, 0) is 11.0 Å². The van der Waals surface area contributed by atoms with E-state index < -0.39 is 11.7 Å². The van der Waals surface area contributed by atoms with Gasteiger partial charge in [0.2, 0.25) is 5.91 Å². The van der Waals surface area contributed by atoms with Crippen LogP contribution in [-0.4, -0.2) is 65.6 Å². The van der Waals surface area contributed by atoms with E-state index in [9.17, 15) is 18.0 Å². The Morgan fingerprint density at radius 3 is 2.62 bits per heavy atom. The van der Waals surface area contributed by atoms with Gasteiger partial charge in [0.25, 0.3) is 0 Å². The first-order valence-electron chi connectivity index (χ1n) is 12.7. The second-order valence-corrected chi connectivity index (χ2v) is 9.91. The molecule has 2 aromatic carbocycles. The highest BCUT2D eigenvalue weighted by atomic mass is 19.4. The Labute approximate surface area is 214 Å². The standard InChI is InChI=1S/C27H31F3N6O/c1-18-3-2-4-22(13-18)35-11-8-21(9-12-35)36-10-7-20(16-36)34-25(37)15-31-26-23-14-19(27(28,29)30)5-6-24(23)32-17-33-26/h2-6,13-14,17,20-21H,7-12,15-16H2,1H3,(H,34,37)(H,31,32,33). The number of carbonyl (C=O) groups is 1. The van der Waals surface area contributed by atoms with E-state index >= 15 is 0 Å². The molecule has 2 fully saturated rings. The van der Waals surface area contributed by atoms with Gasteiger partial charge in [0, 0.05) is 49.3 Å². The van der Waals surface area contributed by atoms with E-state index in [1.54, 1.807) is 0 Å². The van der Waals surface area contributed by atoms with Gasteiger partial charge in [-0.1, -0.05) is 12.1 Å². The lowest BCUT2D eigenvalue weighted by molar-refractivity contribution is -0.137. The molecule has 2 aliphatic heterocycles. The third-order valence-corrected chi connectivity index (χ3v) is 7.31. The van der Waals surface area contributed by atoms with E-state index in [-0.39, 0.29) is 29.7 Å². The molecule has 7 nitrogen and oxygen atoms in total. The van der Waals surface area contributed by atoms with Gasteiger partial charge in [0.05, 0.1) is 17.6 Å². The molecular formula is C27H31F3N6O. The number of anilines is 2. The van der Waals surface area contributed by atoms with Gasteiger partial charge in [-0.05, 0) is 62.1 Å². The molecule has 1 aromatic heterocycles. The average Bonchev–Trinajstić information content (AvgIpc) is 3.35. The van der Waals surface area contributed by atoms with Gasteiger partial charge in [-0.15, -0.1) is 0 Å². The van der Waals surface area contributed by atoms with Gasteiger partial charge in [-0.3, -0.25) is 9.69 Å². The zero-order valence-corrected chi connectivity index (χ0v) is 20.8. The maximum Gasteiger partial charge on any atom is 0.416 e. The summed E-state index contributed by atoms with van der Waals surface area (Å²) in [6.07, 6.45) is -0.123. The zero-order valence-electron chi connectivity index (χ0n) is 20.8. The van der Waals surface area contributed by atoms with Crippen molar-refractivity contribution in [2.75, 3.05) is 42.9 Å². The van der Waals surface area contributed by atoms with Gasteiger partial charge in [0.1, 0.15) is 12.1 Å². The second kappa shape index (κ2) is 10.5. The Morgan fingerprint density at radius 1 is 1.05 bits per heavy atom. The molecule has 1 atom stereocenters. The number of hydrogen-bond acceptors (Lipinski definition) is 6. The van der Waals surface area contributed by atoms with Gasteiger partial charge in [-0.2, -0.15) is 13.2 Å². The summed E-state index contributed by atoms with van der Waals surface area (Å²) in [6.45, 7) is 5.84. The molecule has 0 aliphatic carbocycles. The highest BCUT2D eigenvalue weighted by Gasteiger charge is 2.32. The number of benzene rings is 2. The van der Waals surface area contributed by atoms with Crippen molar-refractivity contribution >= 4 is 28.3 Å². The summed E-state index contributed by atoms with van der Waals surface area (Å²) in [5.41, 5.74) is 2.15. The van der Waals surface area contributed by atoms with Gasteiger partial charge >= 0.3 is 6.18 Å². The van der Waals surface area contributed by atoms with Crippen molar-refractivity contribution in [3.05, 3.63) is 59.9 Å². The Kier molecular flexibility index (Phi) is 7.19. The van der Waals surface area contributed by atoms with E-state index in [1.165, 1.54) is 23.6 Å². The second-order valence-electron chi connectivity index (χ2n) is 9.91. The van der Waals surface area contributed by atoms with Crippen molar-refractivity contribution in [2.24, 2.45) is 0 Å². The van der Waals surface area contributed by atoms with E-state index in [4.69, 9.17) is 0 Å². The van der Waals surface area contributed by atoms with E-state index in [0.717, 1.165) is 57.6 Å². The molecule has 0 radical (unpaired) electrons. The monoisotopic (exact) mass is 512 g/mol. The van der Waals surface area contributed by atoms with Crippen LogP contribution in [0.15, 0.2) is 48.8 Å². The number of rotatable bonds is 6. The molecule has 3 aromatic rings. The van der Waals surface area contributed by atoms with Crippen LogP contribution in [0.1, 0.15) is 30.4 Å². The highest BCUT2D eigenvalue weighted by Crippen LogP contribution is 2.32. The Morgan fingerprint density at radius 2 is 1.86 bits per heavy atom. The number of aryl methyl sites for hydroxylation is 1. The maximum absolute atomic E-state index is 13.1. The highest BCUT2D eigenvalue weighted by molar-refractivity contribution is 5.91. The molecule has 1 amide bonds. The molecular weight excluding hydrogens is 481 g/mol. The number of hydrogen-bond donors (Lipinski definition) is 2. The molecule has 2 aliphatic rings. The number of halogens is 3. The van der Waals surface area contributed by atoms with E-state index in [2.05, 4.69) is 61.6 Å². The van der Waals surface area contributed by atoms with Crippen LogP contribution in [0, 0.1) is 6.92 Å². The van der Waals surface area contributed by atoms with Crippen molar-refractivity contribution in [2.45, 2.75) is 44.4 Å². The number of aromatic nitrogens is 2. The Bertz CT molecular complexity index is 1260. The molecule has 5 rings (SSSR count). The number of carbonyl (C=O) groups excluding carboxylic acids is 1. The summed E-state index contributed by atoms with van der Waals surface area (Å²) < 4.78 is 39.4. The Balaban J connectivity index is 1.11. The minimum absolute atomic E-state index is 0.0584. The van der Waals surface area contributed by atoms with Crippen molar-refractivity contribution in [1.29, 1.82) is 0 Å². The van der Waals surface area contributed by atoms with Crippen LogP contribution in [0.5, 0.6) is 0 Å². The third-order valence-electron chi connectivity index (χ3n) is 7.31. The first kappa shape index (κ1) is 25.3. The van der Waals surface area contributed by atoms with E-state index in [1.807, 2.05) is 0 Å². The molecule has 37 heavy (non-hydrogen) atoms. The fourth-order valence-electron chi connectivity index (χ4n) is 5.37. The molecule has 3 heterocycles. The molecule has 1 unspecified atom stereocenters. The van der Waals surface area contributed by atoms with E-state index in [0.29, 0.717) is 11.6 Å². The number of alkyl halides is 3. The molecule has 0 spiro atoms. The predicted molar refractivity (Wildman–Crippen MR) is 138 cm³/mol. The number of amides is 1. The lowest BCUT2D eigenvalue weighted by Gasteiger charge is -2.38. The summed E-state index contributed by atoms with van der Waals surface area (Å²) >= 11 is 0. The first-order valence-corrected chi connectivity index (χ1v) is 12.7. The van der Waals surface area contributed by atoms with Crippen LogP contribution in [0.4, 0.5) is 24.7 Å². The molecule has 196 valence electrons. The molecule has 2 N–H and O–H groups in total. The summed E-state index contributed by atoms with van der Waals surface area (Å²) in [5.74, 6) is -0.000442. The number of fused-ring (bicyclic) bond motifs is 1. The minimum atomic E-state index is -4.47. The van der Waals surface area contributed by atoms with Gasteiger partial charge in [0.15, 0.2) is 0 Å². The van der Waals surface area contributed by atoms with Crippen molar-refractivity contribution in [3.8, 4) is 0 Å². The predicted octanol–water partition coefficient (Wildman–Crippen LogP) is 4.23. The lowest BCUT2D eigenvalue weighted by atomic mass is 10.0. The van der Waals surface area contributed by atoms with Crippen molar-refractivity contribution in [3.63, 3.8) is 0 Å². The third kappa shape index (κ3) is 5.95. The molecule has 0 bridgehead atoms. The van der Waals surface area contributed by atoms with Crippen LogP contribution < -0.4 is 15.5 Å². The summed E-state index contributed by atoms with van der Waals surface area (Å²) in [7, 11) is 0. The molecule has 0 saturated carbocycles. The summed E-state index contributed by atoms with van der Waals surface area (Å²) in [6, 6.07) is 12.5. The normalized spacial score (nSPS) is 19.4. The lowest BCUT2D eigenvalue weighted by Crippen LogP contribution is -2.46. The van der Waals surface area contributed by atoms with Crippen LogP contribution in [0.25, 0.3) is 10.9 Å². The van der Waals surface area contributed by atoms with Gasteiger partial charge < -0.3 is 15.5 Å². The Hall–Kier alpha value is -3.40. The molecule has 10 heteroatoms. The minimum Gasteiger partial charge on any atom is -0.371 e. The topological polar surface area (TPSA) is 73.4 Å². The van der Waals surface area contributed by atoms with Crippen molar-refractivity contribution < 1.29 is 18.0 Å². The quantitative estimate of drug-likeness (QED) is 0.515. The summed E-state index contributed by atoms with van der Waals surface area (Å²) in [4.78, 5) is 25.6. The molecule has 2 saturated heterocycles. The number of nitrogens with zero attached hydrogens (tertiary/aromatic N) is 4. The smallest absolute Gasteiger partial charge is 0.371 e. The number of likely N-dealkylation sites (tertiary alicyclic amines) is 1. The van der Waals surface area contributed by atoms with Crippen LogP contribution in [0.2, 0.25) is 0 Å². The van der Waals surface area contributed by atoms with Gasteiger partial charge in [-0.25, -0.2) is 9.97 Å². The zero-order chi connectivity index (χ0) is 26.0. The fraction of sp³-hybridized carbons (Fsp3) is 0.444. The van der Waals surface area contributed by atoms with Crippen LogP contribution >= 0.6 is 0 Å². The fourth-order valence-corrected chi connectivity index (χ4v) is 5.37. The van der Waals surface area contributed by atoms with Crippen molar-refractivity contribution in [1.82, 2.24) is 20.2 Å². The first-order chi connectivity index (χ1) is 17.8. The SMILES string of the molecule is Cc1cccc(N2CCC(N3CCC(NC(=O)CNc4ncnc5ccc(C(F)(F)F)cc45)C3)CC2)c1. The number of nitrogens with one attached hydrogen (secondary N) is 2.